The molecule has 1 amide bonds. The lowest BCUT2D eigenvalue weighted by molar-refractivity contribution is -0.121. The van der Waals surface area contributed by atoms with Gasteiger partial charge in [-0.3, -0.25) is 4.79 Å². The number of hydrogen-bond donors (Lipinski definition) is 2. The number of rotatable bonds is 7. The van der Waals surface area contributed by atoms with Crippen molar-refractivity contribution in [2.45, 2.75) is 35.7 Å². The second-order valence-electron chi connectivity index (χ2n) is 5.86. The predicted octanol–water partition coefficient (Wildman–Crippen LogP) is 3.37. The van der Waals surface area contributed by atoms with Crippen molar-refractivity contribution in [3.05, 3.63) is 34.8 Å². The number of benzene rings is 1. The lowest BCUT2D eigenvalue weighted by Gasteiger charge is -2.22. The van der Waals surface area contributed by atoms with Crippen LogP contribution in [0.1, 0.15) is 35.4 Å². The van der Waals surface area contributed by atoms with Gasteiger partial charge in [0, 0.05) is 11.5 Å². The Labute approximate surface area is 158 Å². The van der Waals surface area contributed by atoms with E-state index in [0.29, 0.717) is 11.5 Å². The summed E-state index contributed by atoms with van der Waals surface area (Å²) < 4.78 is 13.2. The molecule has 1 fully saturated rings. The second kappa shape index (κ2) is 7.95. The van der Waals surface area contributed by atoms with Gasteiger partial charge < -0.3 is 10.4 Å². The van der Waals surface area contributed by atoms with E-state index in [1.165, 1.54) is 12.8 Å². The highest BCUT2D eigenvalue weighted by Gasteiger charge is 2.28. The van der Waals surface area contributed by atoms with Gasteiger partial charge in [-0.05, 0) is 18.4 Å². The molecule has 0 spiro atoms. The van der Waals surface area contributed by atoms with E-state index in [-0.39, 0.29) is 0 Å². The van der Waals surface area contributed by atoms with Crippen molar-refractivity contribution in [2.24, 2.45) is 0 Å². The van der Waals surface area contributed by atoms with Gasteiger partial charge in [-0.1, -0.05) is 58.8 Å². The van der Waals surface area contributed by atoms with E-state index in [9.17, 15) is 14.3 Å². The van der Waals surface area contributed by atoms with Crippen molar-refractivity contribution >= 4 is 40.4 Å². The molecule has 1 aliphatic rings. The van der Waals surface area contributed by atoms with Crippen LogP contribution in [0.2, 0.25) is 0 Å². The van der Waals surface area contributed by atoms with E-state index in [1.807, 2.05) is 0 Å². The van der Waals surface area contributed by atoms with Crippen LogP contribution in [0.4, 0.5) is 4.39 Å². The third kappa shape index (κ3) is 4.47. The minimum atomic E-state index is -1.32. The Morgan fingerprint density at radius 3 is 2.56 bits per heavy atom. The molecule has 5 nitrogen and oxygen atoms in total. The van der Waals surface area contributed by atoms with Crippen molar-refractivity contribution in [3.8, 4) is 10.6 Å². The molecule has 2 N–H and O–H groups in total. The van der Waals surface area contributed by atoms with Crippen molar-refractivity contribution in [1.29, 1.82) is 0 Å². The monoisotopic (exact) mass is 403 g/mol. The number of amides is 1. The maximum absolute atomic E-state index is 13.2. The molecule has 0 bridgehead atoms. The van der Waals surface area contributed by atoms with Crippen LogP contribution in [0.3, 0.4) is 0 Å². The summed E-state index contributed by atoms with van der Waals surface area (Å²) in [6.07, 6.45) is 1.12. The zero-order valence-corrected chi connectivity index (χ0v) is 15.4. The van der Waals surface area contributed by atoms with E-state index in [4.69, 9.17) is 23.2 Å². The second-order valence-corrected chi connectivity index (χ2v) is 7.96. The molecule has 1 heterocycles. The fourth-order valence-corrected chi connectivity index (χ4v) is 3.49. The SMILES string of the molecule is O=C(NC(CF)C(O)c1ccc(-c2nnc(C3CC3)s2)cc1)C(Cl)Cl. The molecule has 2 aromatic rings. The summed E-state index contributed by atoms with van der Waals surface area (Å²) in [4.78, 5) is 10.2. The molecule has 3 rings (SSSR count). The van der Waals surface area contributed by atoms with Gasteiger partial charge in [-0.15, -0.1) is 10.2 Å². The summed E-state index contributed by atoms with van der Waals surface area (Å²) >= 11 is 12.4. The maximum Gasteiger partial charge on any atom is 0.253 e. The van der Waals surface area contributed by atoms with Gasteiger partial charge in [0.25, 0.3) is 5.91 Å². The Balaban J connectivity index is 1.70. The number of alkyl halides is 3. The van der Waals surface area contributed by atoms with Crippen molar-refractivity contribution in [1.82, 2.24) is 15.5 Å². The van der Waals surface area contributed by atoms with Gasteiger partial charge >= 0.3 is 0 Å². The number of carbonyl (C=O) groups is 1. The number of halogens is 3. The molecule has 1 aliphatic carbocycles. The molecular formula is C16H16Cl2FN3O2S. The summed E-state index contributed by atoms with van der Waals surface area (Å²) in [5.74, 6) is -0.197. The van der Waals surface area contributed by atoms with Crippen LogP contribution in [0.15, 0.2) is 24.3 Å². The zero-order valence-electron chi connectivity index (χ0n) is 13.0. The van der Waals surface area contributed by atoms with Gasteiger partial charge in [0.05, 0.1) is 6.04 Å². The molecule has 2 atom stereocenters. The highest BCUT2D eigenvalue weighted by atomic mass is 35.5. The molecule has 1 saturated carbocycles. The average Bonchev–Trinajstić information content (AvgIpc) is 3.36. The first-order chi connectivity index (χ1) is 12.0. The minimum absolute atomic E-state index is 0.472. The minimum Gasteiger partial charge on any atom is -0.386 e. The summed E-state index contributed by atoms with van der Waals surface area (Å²) in [7, 11) is 0. The summed E-state index contributed by atoms with van der Waals surface area (Å²) in [6.45, 7) is -0.948. The number of aromatic nitrogens is 2. The van der Waals surface area contributed by atoms with Gasteiger partial charge in [-0.2, -0.15) is 0 Å². The van der Waals surface area contributed by atoms with E-state index < -0.39 is 29.6 Å². The number of hydrogen-bond acceptors (Lipinski definition) is 5. The number of aliphatic hydroxyl groups excluding tert-OH is 1. The fraction of sp³-hybridized carbons (Fsp3) is 0.438. The van der Waals surface area contributed by atoms with E-state index in [1.54, 1.807) is 35.6 Å². The number of nitrogens with one attached hydrogen (secondary N) is 1. The van der Waals surface area contributed by atoms with Gasteiger partial charge in [0.15, 0.2) is 4.84 Å². The van der Waals surface area contributed by atoms with Gasteiger partial charge in [0.2, 0.25) is 0 Å². The first-order valence-electron chi connectivity index (χ1n) is 7.76. The predicted molar refractivity (Wildman–Crippen MR) is 95.7 cm³/mol. The highest BCUT2D eigenvalue weighted by Crippen LogP contribution is 2.42. The fourth-order valence-electron chi connectivity index (χ4n) is 2.35. The Morgan fingerprint density at radius 2 is 2.00 bits per heavy atom. The van der Waals surface area contributed by atoms with E-state index in [0.717, 1.165) is 15.6 Å². The van der Waals surface area contributed by atoms with Crippen molar-refractivity contribution in [2.75, 3.05) is 6.67 Å². The molecule has 134 valence electrons. The van der Waals surface area contributed by atoms with Crippen LogP contribution in [0.5, 0.6) is 0 Å². The smallest absolute Gasteiger partial charge is 0.253 e. The van der Waals surface area contributed by atoms with Crippen molar-refractivity contribution < 1.29 is 14.3 Å². The molecule has 9 heteroatoms. The normalized spacial score (nSPS) is 16.7. The van der Waals surface area contributed by atoms with Crippen LogP contribution in [-0.4, -0.2) is 38.8 Å². The Kier molecular flexibility index (Phi) is 5.89. The molecule has 1 aromatic carbocycles. The van der Waals surface area contributed by atoms with Gasteiger partial charge in [-0.25, -0.2) is 4.39 Å². The Hall–Kier alpha value is -1.28. The van der Waals surface area contributed by atoms with Crippen LogP contribution < -0.4 is 5.32 Å². The Bertz CT molecular complexity index is 737. The van der Waals surface area contributed by atoms with Gasteiger partial charge in [0.1, 0.15) is 22.8 Å². The third-order valence-electron chi connectivity index (χ3n) is 3.94. The number of nitrogens with zero attached hydrogens (tertiary/aromatic N) is 2. The molecule has 0 radical (unpaired) electrons. The van der Waals surface area contributed by atoms with E-state index >= 15 is 0 Å². The average molecular weight is 404 g/mol. The molecular weight excluding hydrogens is 388 g/mol. The number of carbonyl (C=O) groups excluding carboxylic acids is 1. The largest absolute Gasteiger partial charge is 0.386 e. The summed E-state index contributed by atoms with van der Waals surface area (Å²) in [6, 6.07) is 5.80. The number of aliphatic hydroxyl groups is 1. The van der Waals surface area contributed by atoms with Crippen LogP contribution >= 0.6 is 34.5 Å². The standard InChI is InChI=1S/C16H16Cl2FN3O2S/c17-13(18)14(24)20-11(7-19)12(23)8-1-3-9(4-2-8)15-21-22-16(25-15)10-5-6-10/h1-4,10-13,23H,5-7H2,(H,20,24). The zero-order chi connectivity index (χ0) is 18.0. The topological polar surface area (TPSA) is 75.1 Å². The first-order valence-corrected chi connectivity index (χ1v) is 9.44. The molecule has 25 heavy (non-hydrogen) atoms. The lowest BCUT2D eigenvalue weighted by atomic mass is 10.0. The first kappa shape index (κ1) is 18.5. The molecule has 2 unspecified atom stereocenters. The van der Waals surface area contributed by atoms with Crippen LogP contribution in [-0.2, 0) is 4.79 Å². The Morgan fingerprint density at radius 1 is 1.32 bits per heavy atom. The van der Waals surface area contributed by atoms with Crippen LogP contribution in [0.25, 0.3) is 10.6 Å². The van der Waals surface area contributed by atoms with Crippen LogP contribution in [0, 0.1) is 0 Å². The molecule has 0 saturated heterocycles. The quantitative estimate of drug-likeness (QED) is 0.694. The molecule has 0 aliphatic heterocycles. The highest BCUT2D eigenvalue weighted by molar-refractivity contribution is 7.14. The third-order valence-corrected chi connectivity index (χ3v) is 5.47. The lowest BCUT2D eigenvalue weighted by Crippen LogP contribution is -2.43. The summed E-state index contributed by atoms with van der Waals surface area (Å²) in [5.41, 5.74) is 1.35. The maximum atomic E-state index is 13.2. The van der Waals surface area contributed by atoms with Crippen molar-refractivity contribution in [3.63, 3.8) is 0 Å². The summed E-state index contributed by atoms with van der Waals surface area (Å²) in [5, 5.41) is 22.8. The van der Waals surface area contributed by atoms with E-state index in [2.05, 4.69) is 15.5 Å². The molecule has 1 aromatic heterocycles.